The Balaban J connectivity index is 2.12. The summed E-state index contributed by atoms with van der Waals surface area (Å²) < 4.78 is 1.88. The Labute approximate surface area is 90.4 Å². The van der Waals surface area contributed by atoms with E-state index >= 15 is 0 Å². The molecule has 1 N–H and O–H groups in total. The Morgan fingerprint density at radius 3 is 3.13 bits per heavy atom. The number of aryl methyl sites for hydroxylation is 1. The Hall–Kier alpha value is -1.09. The summed E-state index contributed by atoms with van der Waals surface area (Å²) in [6.07, 6.45) is 8.91. The number of aromatic nitrogens is 2. The molecule has 1 heterocycles. The third-order valence-electron chi connectivity index (χ3n) is 3.11. The van der Waals surface area contributed by atoms with Crippen molar-refractivity contribution in [3.8, 4) is 0 Å². The Morgan fingerprint density at radius 2 is 2.47 bits per heavy atom. The molecule has 1 aromatic heterocycles. The molecular weight excluding hydrogens is 188 g/mol. The zero-order valence-electron chi connectivity index (χ0n) is 9.13. The molecule has 0 saturated carbocycles. The fraction of sp³-hybridized carbons (Fsp3) is 0.583. The Bertz CT molecular complexity index is 343. The molecule has 1 aliphatic carbocycles. The van der Waals surface area contributed by atoms with Gasteiger partial charge in [0.15, 0.2) is 0 Å². The van der Waals surface area contributed by atoms with Crippen LogP contribution in [0.2, 0.25) is 0 Å². The van der Waals surface area contributed by atoms with Crippen LogP contribution in [0, 0.1) is 5.92 Å². The lowest BCUT2D eigenvalue weighted by atomic mass is 9.88. The Kier molecular flexibility index (Phi) is 3.21. The first-order valence-corrected chi connectivity index (χ1v) is 5.67. The minimum absolute atomic E-state index is 0.358. The van der Waals surface area contributed by atoms with E-state index < -0.39 is 0 Å². The van der Waals surface area contributed by atoms with E-state index in [4.69, 9.17) is 0 Å². The summed E-state index contributed by atoms with van der Waals surface area (Å²) in [6.45, 7) is 2.87. The van der Waals surface area contributed by atoms with E-state index in [0.717, 1.165) is 31.5 Å². The van der Waals surface area contributed by atoms with Gasteiger partial charge in [0.25, 0.3) is 0 Å². The van der Waals surface area contributed by atoms with Gasteiger partial charge in [-0.25, -0.2) is 0 Å². The molecule has 0 bridgehead atoms. The molecule has 2 atom stereocenters. The molecule has 15 heavy (non-hydrogen) atoms. The molecule has 0 aliphatic heterocycles. The summed E-state index contributed by atoms with van der Waals surface area (Å²) in [4.78, 5) is 0. The van der Waals surface area contributed by atoms with Crippen molar-refractivity contribution >= 4 is 0 Å². The number of aliphatic hydroxyl groups excluding tert-OH is 1. The lowest BCUT2D eigenvalue weighted by molar-refractivity contribution is 0.0936. The van der Waals surface area contributed by atoms with Gasteiger partial charge in [0, 0.05) is 12.7 Å². The highest BCUT2D eigenvalue weighted by Gasteiger charge is 2.23. The lowest BCUT2D eigenvalue weighted by Gasteiger charge is -2.24. The lowest BCUT2D eigenvalue weighted by Crippen LogP contribution is -2.17. The summed E-state index contributed by atoms with van der Waals surface area (Å²) in [5.41, 5.74) is 0.956. The van der Waals surface area contributed by atoms with Crippen LogP contribution in [0.1, 0.15) is 38.0 Å². The first kappa shape index (κ1) is 10.4. The van der Waals surface area contributed by atoms with E-state index in [0.29, 0.717) is 5.92 Å². The van der Waals surface area contributed by atoms with Gasteiger partial charge in [-0.3, -0.25) is 4.68 Å². The second-order valence-electron chi connectivity index (χ2n) is 4.06. The molecule has 0 radical (unpaired) electrons. The zero-order chi connectivity index (χ0) is 10.7. The molecule has 2 unspecified atom stereocenters. The SMILES string of the molecule is CCn1nccc1C(O)C1CC=CCC1. The normalized spacial score (nSPS) is 22.9. The number of hydrogen-bond donors (Lipinski definition) is 1. The van der Waals surface area contributed by atoms with E-state index in [1.807, 2.05) is 17.7 Å². The van der Waals surface area contributed by atoms with Crippen LogP contribution in [0.3, 0.4) is 0 Å². The van der Waals surface area contributed by atoms with Crippen molar-refractivity contribution in [3.63, 3.8) is 0 Å². The first-order chi connectivity index (χ1) is 7.33. The predicted molar refractivity (Wildman–Crippen MR) is 59.3 cm³/mol. The van der Waals surface area contributed by atoms with Crippen LogP contribution < -0.4 is 0 Å². The average Bonchev–Trinajstić information content (AvgIpc) is 2.77. The highest BCUT2D eigenvalue weighted by atomic mass is 16.3. The minimum Gasteiger partial charge on any atom is -0.387 e. The summed E-state index contributed by atoms with van der Waals surface area (Å²) >= 11 is 0. The van der Waals surface area contributed by atoms with E-state index in [9.17, 15) is 5.11 Å². The summed E-state index contributed by atoms with van der Waals surface area (Å²) in [5.74, 6) is 0.358. The number of rotatable bonds is 3. The van der Waals surface area contributed by atoms with Gasteiger partial charge in [0.1, 0.15) is 0 Å². The number of allylic oxidation sites excluding steroid dienone is 2. The van der Waals surface area contributed by atoms with Crippen LogP contribution in [0.5, 0.6) is 0 Å². The second kappa shape index (κ2) is 4.62. The van der Waals surface area contributed by atoms with Crippen LogP contribution >= 0.6 is 0 Å². The van der Waals surface area contributed by atoms with Gasteiger partial charge in [-0.15, -0.1) is 0 Å². The molecule has 3 nitrogen and oxygen atoms in total. The van der Waals surface area contributed by atoms with Crippen molar-refractivity contribution in [1.82, 2.24) is 9.78 Å². The monoisotopic (exact) mass is 206 g/mol. The third-order valence-corrected chi connectivity index (χ3v) is 3.11. The van der Waals surface area contributed by atoms with Crippen molar-refractivity contribution in [2.45, 2.75) is 38.8 Å². The van der Waals surface area contributed by atoms with Crippen LogP contribution in [-0.4, -0.2) is 14.9 Å². The molecule has 0 saturated heterocycles. The van der Waals surface area contributed by atoms with Crippen LogP contribution in [0.15, 0.2) is 24.4 Å². The quantitative estimate of drug-likeness (QED) is 0.770. The summed E-state index contributed by atoms with van der Waals surface area (Å²) in [5, 5.41) is 14.4. The van der Waals surface area contributed by atoms with Crippen molar-refractivity contribution in [1.29, 1.82) is 0 Å². The maximum absolute atomic E-state index is 10.3. The highest BCUT2D eigenvalue weighted by Crippen LogP contribution is 2.31. The fourth-order valence-electron chi connectivity index (χ4n) is 2.20. The standard InChI is InChI=1S/C12H18N2O/c1-2-14-11(8-9-13-14)12(15)10-6-4-3-5-7-10/h3-4,8-10,12,15H,2,5-7H2,1H3. The molecule has 2 rings (SSSR count). The molecule has 3 heteroatoms. The van der Waals surface area contributed by atoms with Gasteiger partial charge in [-0.05, 0) is 38.2 Å². The average molecular weight is 206 g/mol. The van der Waals surface area contributed by atoms with Gasteiger partial charge in [0.2, 0.25) is 0 Å². The molecular formula is C12H18N2O. The van der Waals surface area contributed by atoms with Crippen molar-refractivity contribution in [3.05, 3.63) is 30.1 Å². The maximum atomic E-state index is 10.3. The third kappa shape index (κ3) is 2.12. The second-order valence-corrected chi connectivity index (χ2v) is 4.06. The van der Waals surface area contributed by atoms with Crippen molar-refractivity contribution in [2.75, 3.05) is 0 Å². The molecule has 1 aromatic rings. The van der Waals surface area contributed by atoms with E-state index in [2.05, 4.69) is 17.3 Å². The van der Waals surface area contributed by atoms with Crippen molar-refractivity contribution in [2.24, 2.45) is 5.92 Å². The smallest absolute Gasteiger partial charge is 0.0987 e. The molecule has 0 spiro atoms. The van der Waals surface area contributed by atoms with Gasteiger partial charge in [0.05, 0.1) is 11.8 Å². The van der Waals surface area contributed by atoms with Crippen LogP contribution in [-0.2, 0) is 6.54 Å². The van der Waals surface area contributed by atoms with Crippen LogP contribution in [0.4, 0.5) is 0 Å². The van der Waals surface area contributed by atoms with Gasteiger partial charge in [-0.1, -0.05) is 12.2 Å². The Morgan fingerprint density at radius 1 is 1.60 bits per heavy atom. The number of nitrogens with zero attached hydrogens (tertiary/aromatic N) is 2. The zero-order valence-corrected chi connectivity index (χ0v) is 9.13. The predicted octanol–water partition coefficient (Wildman–Crippen LogP) is 2.29. The van der Waals surface area contributed by atoms with E-state index in [1.165, 1.54) is 0 Å². The number of hydrogen-bond acceptors (Lipinski definition) is 2. The van der Waals surface area contributed by atoms with E-state index in [1.54, 1.807) is 6.20 Å². The molecule has 0 amide bonds. The summed E-state index contributed by atoms with van der Waals surface area (Å²) in [6, 6.07) is 1.92. The van der Waals surface area contributed by atoms with E-state index in [-0.39, 0.29) is 6.10 Å². The summed E-state index contributed by atoms with van der Waals surface area (Å²) in [7, 11) is 0. The number of aliphatic hydroxyl groups is 1. The fourth-order valence-corrected chi connectivity index (χ4v) is 2.20. The van der Waals surface area contributed by atoms with Gasteiger partial charge in [-0.2, -0.15) is 5.10 Å². The maximum Gasteiger partial charge on any atom is 0.0987 e. The minimum atomic E-state index is -0.364. The van der Waals surface area contributed by atoms with Gasteiger partial charge >= 0.3 is 0 Å². The first-order valence-electron chi connectivity index (χ1n) is 5.67. The molecule has 0 aromatic carbocycles. The molecule has 1 aliphatic rings. The van der Waals surface area contributed by atoms with Crippen LogP contribution in [0.25, 0.3) is 0 Å². The highest BCUT2D eigenvalue weighted by molar-refractivity contribution is 5.08. The largest absolute Gasteiger partial charge is 0.387 e. The molecule has 0 fully saturated rings. The topological polar surface area (TPSA) is 38.0 Å². The van der Waals surface area contributed by atoms with Crippen molar-refractivity contribution < 1.29 is 5.11 Å². The molecule has 82 valence electrons. The van der Waals surface area contributed by atoms with Gasteiger partial charge < -0.3 is 5.11 Å².